The number of halogens is 3. The van der Waals surface area contributed by atoms with Gasteiger partial charge in [0.15, 0.2) is 5.58 Å². The highest BCUT2D eigenvalue weighted by Crippen LogP contribution is 2.34. The summed E-state index contributed by atoms with van der Waals surface area (Å²) in [4.78, 5) is 24.3. The minimum Gasteiger partial charge on any atom is -0.436 e. The van der Waals surface area contributed by atoms with Crippen LogP contribution in [0.15, 0.2) is 65.5 Å². The number of nitrogens with one attached hydrogen (secondary N) is 1. The summed E-state index contributed by atoms with van der Waals surface area (Å²) in [6, 6.07) is 9.53. The van der Waals surface area contributed by atoms with Crippen LogP contribution in [0.25, 0.3) is 22.6 Å². The third-order valence-corrected chi connectivity index (χ3v) is 3.90. The predicted octanol–water partition coefficient (Wildman–Crippen LogP) is 4.56. The quantitative estimate of drug-likeness (QED) is 0.560. The van der Waals surface area contributed by atoms with Crippen LogP contribution in [-0.4, -0.2) is 20.9 Å². The maximum absolute atomic E-state index is 12.9. The molecule has 2 aromatic carbocycles. The lowest BCUT2D eigenvalue weighted by atomic mass is 10.1. The molecule has 4 aromatic rings. The molecule has 28 heavy (non-hydrogen) atoms. The molecule has 0 radical (unpaired) electrons. The van der Waals surface area contributed by atoms with Crippen molar-refractivity contribution in [2.75, 3.05) is 5.32 Å². The molecule has 0 bridgehead atoms. The van der Waals surface area contributed by atoms with Crippen LogP contribution in [0.5, 0.6) is 0 Å². The first-order valence-corrected chi connectivity index (χ1v) is 8.06. The van der Waals surface area contributed by atoms with Crippen molar-refractivity contribution < 1.29 is 22.4 Å². The molecule has 140 valence electrons. The van der Waals surface area contributed by atoms with Gasteiger partial charge < -0.3 is 9.73 Å². The van der Waals surface area contributed by atoms with Crippen LogP contribution >= 0.6 is 0 Å². The first-order chi connectivity index (χ1) is 13.4. The zero-order valence-electron chi connectivity index (χ0n) is 14.1. The fourth-order valence-electron chi connectivity index (χ4n) is 2.60. The van der Waals surface area contributed by atoms with Gasteiger partial charge in [0.2, 0.25) is 5.89 Å². The fourth-order valence-corrected chi connectivity index (χ4v) is 2.60. The lowest BCUT2D eigenvalue weighted by molar-refractivity contribution is -0.137. The van der Waals surface area contributed by atoms with Crippen molar-refractivity contribution in [3.8, 4) is 11.5 Å². The number of nitrogens with zero attached hydrogens (tertiary/aromatic N) is 3. The van der Waals surface area contributed by atoms with Crippen molar-refractivity contribution in [3.05, 3.63) is 72.3 Å². The average molecular weight is 384 g/mol. The molecule has 0 aliphatic carbocycles. The number of carbonyl (C=O) groups excluding carboxylic acids is 1. The Morgan fingerprint density at radius 3 is 2.64 bits per heavy atom. The zero-order chi connectivity index (χ0) is 19.7. The Kier molecular flexibility index (Phi) is 4.26. The van der Waals surface area contributed by atoms with E-state index in [0.29, 0.717) is 16.8 Å². The molecule has 2 aromatic heterocycles. The Morgan fingerprint density at radius 2 is 1.89 bits per heavy atom. The number of hydrogen-bond donors (Lipinski definition) is 1. The molecule has 0 saturated heterocycles. The maximum Gasteiger partial charge on any atom is 0.416 e. The van der Waals surface area contributed by atoms with Gasteiger partial charge in [-0.25, -0.2) is 9.97 Å². The average Bonchev–Trinajstić information content (AvgIpc) is 3.13. The highest BCUT2D eigenvalue weighted by molar-refractivity contribution is 6.06. The molecular weight excluding hydrogens is 373 g/mol. The first-order valence-electron chi connectivity index (χ1n) is 8.06. The standard InChI is InChI=1S/C19H11F3N4O2/c20-19(21,22)12-4-1-3-11(9-12)18-26-16-13(5-2-6-15(16)28-18)25-17(27)14-10-23-7-8-24-14/h1-10H,(H,25,27). The predicted molar refractivity (Wildman–Crippen MR) is 94.4 cm³/mol. The van der Waals surface area contributed by atoms with E-state index >= 15 is 0 Å². The third kappa shape index (κ3) is 3.41. The van der Waals surface area contributed by atoms with Crippen LogP contribution in [0.2, 0.25) is 0 Å². The molecule has 4 rings (SSSR count). The van der Waals surface area contributed by atoms with E-state index in [1.807, 2.05) is 0 Å². The second-order valence-electron chi connectivity index (χ2n) is 5.79. The largest absolute Gasteiger partial charge is 0.436 e. The molecule has 0 unspecified atom stereocenters. The smallest absolute Gasteiger partial charge is 0.416 e. The number of alkyl halides is 3. The van der Waals surface area contributed by atoms with Crippen LogP contribution in [0.1, 0.15) is 16.1 Å². The van der Waals surface area contributed by atoms with E-state index in [1.54, 1.807) is 18.2 Å². The number of para-hydroxylation sites is 1. The van der Waals surface area contributed by atoms with Crippen LogP contribution in [0.3, 0.4) is 0 Å². The van der Waals surface area contributed by atoms with Crippen molar-refractivity contribution >= 4 is 22.7 Å². The minimum absolute atomic E-state index is 0.0160. The van der Waals surface area contributed by atoms with Gasteiger partial charge in [0, 0.05) is 18.0 Å². The van der Waals surface area contributed by atoms with Gasteiger partial charge >= 0.3 is 6.18 Å². The summed E-state index contributed by atoms with van der Waals surface area (Å²) < 4.78 is 44.4. The molecule has 1 N–H and O–H groups in total. The van der Waals surface area contributed by atoms with Crippen LogP contribution < -0.4 is 5.32 Å². The van der Waals surface area contributed by atoms with Crippen LogP contribution in [0, 0.1) is 0 Å². The molecule has 6 nitrogen and oxygen atoms in total. The van der Waals surface area contributed by atoms with Crippen LogP contribution in [-0.2, 0) is 6.18 Å². The van der Waals surface area contributed by atoms with Crippen molar-refractivity contribution in [2.24, 2.45) is 0 Å². The SMILES string of the molecule is O=C(Nc1cccc2oc(-c3cccc(C(F)(F)F)c3)nc12)c1cnccn1. The number of aromatic nitrogens is 3. The molecule has 0 aliphatic rings. The van der Waals surface area contributed by atoms with Crippen LogP contribution in [0.4, 0.5) is 18.9 Å². The van der Waals surface area contributed by atoms with E-state index in [-0.39, 0.29) is 17.1 Å². The molecule has 0 spiro atoms. The minimum atomic E-state index is -4.47. The number of rotatable bonds is 3. The van der Waals surface area contributed by atoms with E-state index in [0.717, 1.165) is 12.1 Å². The van der Waals surface area contributed by atoms with E-state index in [1.165, 1.54) is 30.7 Å². The number of fused-ring (bicyclic) bond motifs is 1. The van der Waals surface area contributed by atoms with Gasteiger partial charge in [-0.15, -0.1) is 0 Å². The van der Waals surface area contributed by atoms with E-state index in [2.05, 4.69) is 20.3 Å². The number of carbonyl (C=O) groups is 1. The van der Waals surface area contributed by atoms with E-state index in [9.17, 15) is 18.0 Å². The number of oxazole rings is 1. The van der Waals surface area contributed by atoms with Gasteiger partial charge in [-0.2, -0.15) is 13.2 Å². The molecule has 2 heterocycles. The Morgan fingerprint density at radius 1 is 1.07 bits per heavy atom. The zero-order valence-corrected chi connectivity index (χ0v) is 14.1. The van der Waals surface area contributed by atoms with Crippen molar-refractivity contribution in [1.82, 2.24) is 15.0 Å². The molecule has 0 aliphatic heterocycles. The summed E-state index contributed by atoms with van der Waals surface area (Å²) in [5, 5.41) is 2.66. The van der Waals surface area contributed by atoms with Gasteiger partial charge in [0.25, 0.3) is 5.91 Å². The van der Waals surface area contributed by atoms with Crippen molar-refractivity contribution in [1.29, 1.82) is 0 Å². The molecule has 1 amide bonds. The lowest BCUT2D eigenvalue weighted by Gasteiger charge is -2.06. The summed E-state index contributed by atoms with van der Waals surface area (Å²) in [7, 11) is 0. The Labute approximate surface area is 156 Å². The van der Waals surface area contributed by atoms with Crippen molar-refractivity contribution in [2.45, 2.75) is 6.18 Å². The Bertz CT molecular complexity index is 1160. The second-order valence-corrected chi connectivity index (χ2v) is 5.79. The van der Waals surface area contributed by atoms with Gasteiger partial charge in [-0.1, -0.05) is 12.1 Å². The summed E-state index contributed by atoms with van der Waals surface area (Å²) in [6.45, 7) is 0. The monoisotopic (exact) mass is 384 g/mol. The number of amides is 1. The summed E-state index contributed by atoms with van der Waals surface area (Å²) in [5.41, 5.74) is 0.466. The van der Waals surface area contributed by atoms with Gasteiger partial charge in [0.05, 0.1) is 17.4 Å². The first kappa shape index (κ1) is 17.7. The van der Waals surface area contributed by atoms with Gasteiger partial charge in [-0.3, -0.25) is 9.78 Å². The molecule has 0 fully saturated rings. The second kappa shape index (κ2) is 6.76. The molecule has 0 saturated carbocycles. The normalized spacial score (nSPS) is 11.5. The highest BCUT2D eigenvalue weighted by atomic mass is 19.4. The number of benzene rings is 2. The Hall–Kier alpha value is -3.75. The fraction of sp³-hybridized carbons (Fsp3) is 0.0526. The van der Waals surface area contributed by atoms with E-state index in [4.69, 9.17) is 4.42 Å². The maximum atomic E-state index is 12.9. The number of hydrogen-bond acceptors (Lipinski definition) is 5. The molecule has 0 atom stereocenters. The third-order valence-electron chi connectivity index (χ3n) is 3.90. The Balaban J connectivity index is 1.71. The van der Waals surface area contributed by atoms with Crippen molar-refractivity contribution in [3.63, 3.8) is 0 Å². The lowest BCUT2D eigenvalue weighted by Crippen LogP contribution is -2.14. The van der Waals surface area contributed by atoms with Gasteiger partial charge in [-0.05, 0) is 30.3 Å². The molecule has 9 heteroatoms. The number of anilines is 1. The topological polar surface area (TPSA) is 80.9 Å². The molecular formula is C19H11F3N4O2. The summed E-state index contributed by atoms with van der Waals surface area (Å²) in [5.74, 6) is -0.480. The van der Waals surface area contributed by atoms with E-state index < -0.39 is 17.6 Å². The summed E-state index contributed by atoms with van der Waals surface area (Å²) in [6.07, 6.45) is -0.335. The summed E-state index contributed by atoms with van der Waals surface area (Å²) >= 11 is 0. The highest BCUT2D eigenvalue weighted by Gasteiger charge is 2.30. The van der Waals surface area contributed by atoms with Gasteiger partial charge in [0.1, 0.15) is 11.2 Å².